The van der Waals surface area contributed by atoms with Gasteiger partial charge in [0.1, 0.15) is 0 Å². The highest BCUT2D eigenvalue weighted by Crippen LogP contribution is 2.32. The third-order valence-corrected chi connectivity index (χ3v) is 6.12. The SMILES string of the molecule is C[C@H](CCc1ccccc1)NC(=O)CSc1nc(-c2ccccc2)c(-c2ccccc2)[nH]1. The van der Waals surface area contributed by atoms with Crippen LogP contribution in [0, 0.1) is 0 Å². The first kappa shape index (κ1) is 21.9. The highest BCUT2D eigenvalue weighted by Gasteiger charge is 2.16. The fraction of sp³-hybridized carbons (Fsp3) is 0.185. The van der Waals surface area contributed by atoms with Crippen molar-refractivity contribution in [3.8, 4) is 22.5 Å². The van der Waals surface area contributed by atoms with Crippen LogP contribution in [-0.4, -0.2) is 27.7 Å². The number of benzene rings is 3. The first-order valence-electron chi connectivity index (χ1n) is 10.9. The van der Waals surface area contributed by atoms with E-state index >= 15 is 0 Å². The van der Waals surface area contributed by atoms with Crippen molar-refractivity contribution in [1.82, 2.24) is 15.3 Å². The van der Waals surface area contributed by atoms with Crippen LogP contribution >= 0.6 is 11.8 Å². The second-order valence-corrected chi connectivity index (χ2v) is 8.74. The molecule has 4 nitrogen and oxygen atoms in total. The van der Waals surface area contributed by atoms with Gasteiger partial charge in [0, 0.05) is 17.2 Å². The molecule has 3 aromatic carbocycles. The van der Waals surface area contributed by atoms with Gasteiger partial charge in [-0.1, -0.05) is 103 Å². The Hall–Kier alpha value is -3.31. The van der Waals surface area contributed by atoms with Crippen LogP contribution < -0.4 is 5.32 Å². The smallest absolute Gasteiger partial charge is 0.230 e. The summed E-state index contributed by atoms with van der Waals surface area (Å²) in [6.07, 6.45) is 1.87. The molecule has 5 heteroatoms. The molecule has 0 unspecified atom stereocenters. The van der Waals surface area contributed by atoms with Crippen LogP contribution in [0.3, 0.4) is 0 Å². The molecule has 0 aliphatic rings. The second kappa shape index (κ2) is 10.8. The summed E-state index contributed by atoms with van der Waals surface area (Å²) in [4.78, 5) is 20.7. The van der Waals surface area contributed by atoms with Gasteiger partial charge < -0.3 is 10.3 Å². The molecule has 1 atom stereocenters. The van der Waals surface area contributed by atoms with Gasteiger partial charge in [0.25, 0.3) is 0 Å². The molecule has 0 fully saturated rings. The molecule has 1 aromatic heterocycles. The van der Waals surface area contributed by atoms with Gasteiger partial charge in [-0.2, -0.15) is 0 Å². The molecule has 0 bridgehead atoms. The van der Waals surface area contributed by atoms with E-state index in [9.17, 15) is 4.79 Å². The number of nitrogens with zero attached hydrogens (tertiary/aromatic N) is 1. The van der Waals surface area contributed by atoms with Crippen LogP contribution in [0.1, 0.15) is 18.9 Å². The van der Waals surface area contributed by atoms with Crippen LogP contribution in [0.2, 0.25) is 0 Å². The number of aryl methyl sites for hydroxylation is 1. The monoisotopic (exact) mass is 441 g/mol. The van der Waals surface area contributed by atoms with Crippen molar-refractivity contribution in [1.29, 1.82) is 0 Å². The van der Waals surface area contributed by atoms with Crippen molar-refractivity contribution >= 4 is 17.7 Å². The number of amides is 1. The van der Waals surface area contributed by atoms with Gasteiger partial charge in [-0.25, -0.2) is 4.98 Å². The van der Waals surface area contributed by atoms with Crippen molar-refractivity contribution in [3.63, 3.8) is 0 Å². The maximum atomic E-state index is 12.5. The minimum absolute atomic E-state index is 0.0227. The average molecular weight is 442 g/mol. The quantitative estimate of drug-likeness (QED) is 0.315. The number of aromatic nitrogens is 2. The normalized spacial score (nSPS) is 11.8. The molecule has 4 aromatic rings. The Morgan fingerprint density at radius 3 is 2.16 bits per heavy atom. The van der Waals surface area contributed by atoms with E-state index in [1.165, 1.54) is 17.3 Å². The maximum absolute atomic E-state index is 12.5. The number of carbonyl (C=O) groups is 1. The molecule has 1 heterocycles. The lowest BCUT2D eigenvalue weighted by Crippen LogP contribution is -2.34. The number of carbonyl (C=O) groups excluding carboxylic acids is 1. The van der Waals surface area contributed by atoms with Crippen molar-refractivity contribution < 1.29 is 4.79 Å². The molecular weight excluding hydrogens is 414 g/mol. The number of H-pyrrole nitrogens is 1. The third-order valence-electron chi connectivity index (χ3n) is 5.25. The summed E-state index contributed by atoms with van der Waals surface area (Å²) in [5.41, 5.74) is 5.28. The summed E-state index contributed by atoms with van der Waals surface area (Å²) in [5.74, 6) is 0.348. The van der Waals surface area contributed by atoms with Gasteiger partial charge in [0.2, 0.25) is 5.91 Å². The lowest BCUT2D eigenvalue weighted by atomic mass is 10.1. The van der Waals surface area contributed by atoms with Gasteiger partial charge in [0.15, 0.2) is 5.16 Å². The van der Waals surface area contributed by atoms with Gasteiger partial charge >= 0.3 is 0 Å². The Labute approximate surface area is 193 Å². The Balaban J connectivity index is 1.39. The van der Waals surface area contributed by atoms with Crippen molar-refractivity contribution in [2.45, 2.75) is 31.0 Å². The fourth-order valence-corrected chi connectivity index (χ4v) is 4.27. The summed E-state index contributed by atoms with van der Waals surface area (Å²) in [5, 5.41) is 3.85. The lowest BCUT2D eigenvalue weighted by Gasteiger charge is -2.13. The molecule has 32 heavy (non-hydrogen) atoms. The van der Waals surface area contributed by atoms with Gasteiger partial charge in [-0.05, 0) is 25.3 Å². The maximum Gasteiger partial charge on any atom is 0.230 e. The van der Waals surface area contributed by atoms with Crippen LogP contribution in [0.5, 0.6) is 0 Å². The predicted molar refractivity (Wildman–Crippen MR) is 133 cm³/mol. The topological polar surface area (TPSA) is 57.8 Å². The summed E-state index contributed by atoms with van der Waals surface area (Å²) in [6.45, 7) is 2.05. The van der Waals surface area contributed by atoms with E-state index in [0.717, 1.165) is 40.5 Å². The van der Waals surface area contributed by atoms with Crippen molar-refractivity contribution in [3.05, 3.63) is 96.6 Å². The number of hydrogen-bond donors (Lipinski definition) is 2. The summed E-state index contributed by atoms with van der Waals surface area (Å²) in [7, 11) is 0. The highest BCUT2D eigenvalue weighted by atomic mass is 32.2. The Kier molecular flexibility index (Phi) is 7.41. The van der Waals surface area contributed by atoms with E-state index in [1.54, 1.807) is 0 Å². The lowest BCUT2D eigenvalue weighted by molar-refractivity contribution is -0.119. The molecule has 0 saturated carbocycles. The number of aromatic amines is 1. The molecule has 162 valence electrons. The van der Waals surface area contributed by atoms with Crippen LogP contribution in [0.25, 0.3) is 22.5 Å². The van der Waals surface area contributed by atoms with E-state index in [2.05, 4.69) is 53.6 Å². The predicted octanol–water partition coefficient (Wildman–Crippen LogP) is 5.97. The van der Waals surface area contributed by atoms with Crippen LogP contribution in [0.15, 0.2) is 96.2 Å². The van der Waals surface area contributed by atoms with E-state index in [0.29, 0.717) is 5.75 Å². The molecular formula is C27H27N3OS. The molecule has 0 saturated heterocycles. The Morgan fingerprint density at radius 2 is 1.50 bits per heavy atom. The van der Waals surface area contributed by atoms with E-state index in [-0.39, 0.29) is 11.9 Å². The van der Waals surface area contributed by atoms with Crippen molar-refractivity contribution in [2.24, 2.45) is 0 Å². The molecule has 0 aliphatic heterocycles. The van der Waals surface area contributed by atoms with Gasteiger partial charge in [-0.15, -0.1) is 0 Å². The average Bonchev–Trinajstić information content (AvgIpc) is 3.28. The number of rotatable bonds is 9. The summed E-state index contributed by atoms with van der Waals surface area (Å²) < 4.78 is 0. The molecule has 0 aliphatic carbocycles. The molecule has 1 amide bonds. The Morgan fingerprint density at radius 1 is 0.906 bits per heavy atom. The Bertz CT molecular complexity index is 1070. The first-order chi connectivity index (χ1) is 15.7. The standard InChI is InChI=1S/C27H27N3OS/c1-20(17-18-21-11-5-2-6-12-21)28-24(31)19-32-27-29-25(22-13-7-3-8-14-22)26(30-27)23-15-9-4-10-16-23/h2-16,20H,17-19H2,1H3,(H,28,31)(H,29,30)/t20-/m1/s1. The molecule has 0 spiro atoms. The number of imidazole rings is 1. The molecule has 4 rings (SSSR count). The molecule has 2 N–H and O–H groups in total. The number of hydrogen-bond acceptors (Lipinski definition) is 3. The van der Waals surface area contributed by atoms with E-state index in [4.69, 9.17) is 4.98 Å². The second-order valence-electron chi connectivity index (χ2n) is 7.78. The zero-order valence-electron chi connectivity index (χ0n) is 18.1. The first-order valence-corrected chi connectivity index (χ1v) is 11.8. The zero-order valence-corrected chi connectivity index (χ0v) is 18.9. The minimum atomic E-state index is 0.0227. The van der Waals surface area contributed by atoms with Gasteiger partial charge in [0.05, 0.1) is 17.1 Å². The largest absolute Gasteiger partial charge is 0.353 e. The van der Waals surface area contributed by atoms with E-state index < -0.39 is 0 Å². The van der Waals surface area contributed by atoms with Crippen molar-refractivity contribution in [2.75, 3.05) is 5.75 Å². The third kappa shape index (κ3) is 5.89. The summed E-state index contributed by atoms with van der Waals surface area (Å²) in [6, 6.07) is 30.8. The number of thioether (sulfide) groups is 1. The molecule has 0 radical (unpaired) electrons. The fourth-order valence-electron chi connectivity index (χ4n) is 3.59. The minimum Gasteiger partial charge on any atom is -0.353 e. The zero-order chi connectivity index (χ0) is 22.2. The number of nitrogens with one attached hydrogen (secondary N) is 2. The van der Waals surface area contributed by atoms with Crippen LogP contribution in [-0.2, 0) is 11.2 Å². The van der Waals surface area contributed by atoms with Crippen LogP contribution in [0.4, 0.5) is 0 Å². The highest BCUT2D eigenvalue weighted by molar-refractivity contribution is 7.99. The van der Waals surface area contributed by atoms with Gasteiger partial charge in [-0.3, -0.25) is 4.79 Å². The summed E-state index contributed by atoms with van der Waals surface area (Å²) >= 11 is 1.43. The van der Waals surface area contributed by atoms with E-state index in [1.807, 2.05) is 54.6 Å².